The predicted octanol–water partition coefficient (Wildman–Crippen LogP) is 4.82. The summed E-state index contributed by atoms with van der Waals surface area (Å²) >= 11 is 0. The van der Waals surface area contributed by atoms with Crippen molar-refractivity contribution in [1.29, 1.82) is 0 Å². The van der Waals surface area contributed by atoms with Crippen LogP contribution in [0.15, 0.2) is 48.8 Å². The Hall–Kier alpha value is -3.21. The number of rotatable bonds is 3. The highest BCUT2D eigenvalue weighted by Gasteiger charge is 2.23. The van der Waals surface area contributed by atoms with Crippen LogP contribution < -0.4 is 0 Å². The summed E-state index contributed by atoms with van der Waals surface area (Å²) in [7, 11) is 0. The number of pyridine rings is 2. The van der Waals surface area contributed by atoms with Crippen LogP contribution in [0.2, 0.25) is 0 Å². The van der Waals surface area contributed by atoms with E-state index in [4.69, 9.17) is 9.72 Å². The lowest BCUT2D eigenvalue weighted by Crippen LogP contribution is -2.12. The van der Waals surface area contributed by atoms with Crippen LogP contribution in [0.25, 0.3) is 16.6 Å². The maximum atomic E-state index is 13.2. The summed E-state index contributed by atoms with van der Waals surface area (Å²) in [5.41, 5.74) is 6.42. The number of aryl methyl sites for hydroxylation is 2. The summed E-state index contributed by atoms with van der Waals surface area (Å²) in [6, 6.07) is 11.9. The molecule has 0 radical (unpaired) electrons. The Balaban J connectivity index is 1.49. The van der Waals surface area contributed by atoms with E-state index in [0.717, 1.165) is 64.7 Å². The molecular weight excluding hydrogens is 362 g/mol. The molecule has 0 unspecified atom stereocenters. The quantitative estimate of drug-likeness (QED) is 0.375. The van der Waals surface area contributed by atoms with E-state index in [0.29, 0.717) is 5.56 Å². The molecule has 3 heterocycles. The average Bonchev–Trinajstić information content (AvgIpc) is 2.98. The Labute approximate surface area is 169 Å². The Bertz CT molecular complexity index is 1230. The number of esters is 1. The van der Waals surface area contributed by atoms with Gasteiger partial charge in [0.1, 0.15) is 12.3 Å². The van der Waals surface area contributed by atoms with Gasteiger partial charge >= 0.3 is 5.97 Å². The lowest BCUT2D eigenvalue weighted by molar-refractivity contribution is 0.0469. The molecule has 0 saturated carbocycles. The van der Waals surface area contributed by atoms with E-state index in [9.17, 15) is 4.79 Å². The smallest absolute Gasteiger partial charge is 0.339 e. The van der Waals surface area contributed by atoms with Crippen LogP contribution in [0.5, 0.6) is 0 Å². The van der Waals surface area contributed by atoms with Crippen LogP contribution in [-0.2, 0) is 24.2 Å². The molecule has 0 aliphatic heterocycles. The molecule has 0 N–H and O–H groups in total. The third-order valence-corrected chi connectivity index (χ3v) is 5.62. The molecule has 0 amide bonds. The first kappa shape index (κ1) is 17.9. The van der Waals surface area contributed by atoms with Gasteiger partial charge in [-0.3, -0.25) is 4.98 Å². The maximum Gasteiger partial charge on any atom is 0.339 e. The molecule has 1 aromatic carbocycles. The van der Waals surface area contributed by atoms with Crippen molar-refractivity contribution in [2.45, 2.75) is 45.6 Å². The number of hydrogen-bond donors (Lipinski definition) is 0. The van der Waals surface area contributed by atoms with Crippen LogP contribution in [-0.4, -0.2) is 20.3 Å². The zero-order valence-corrected chi connectivity index (χ0v) is 16.5. The SMILES string of the molecule is Cc1ccc2nc(COC(=O)c3c4c(nc5ccccc35)CCCCC4)cn2c1. The molecule has 1 aliphatic rings. The Kier molecular flexibility index (Phi) is 4.51. The van der Waals surface area contributed by atoms with E-state index < -0.39 is 0 Å². The summed E-state index contributed by atoms with van der Waals surface area (Å²) in [5.74, 6) is -0.282. The third kappa shape index (κ3) is 3.37. The van der Waals surface area contributed by atoms with Gasteiger partial charge in [-0.05, 0) is 55.9 Å². The number of hydrogen-bond acceptors (Lipinski definition) is 4. The molecule has 5 heteroatoms. The van der Waals surface area contributed by atoms with E-state index >= 15 is 0 Å². The molecule has 146 valence electrons. The van der Waals surface area contributed by atoms with Crippen molar-refractivity contribution in [3.8, 4) is 0 Å². The largest absolute Gasteiger partial charge is 0.455 e. The van der Waals surface area contributed by atoms with Gasteiger partial charge in [-0.25, -0.2) is 9.78 Å². The molecule has 0 saturated heterocycles. The number of fused-ring (bicyclic) bond motifs is 3. The lowest BCUT2D eigenvalue weighted by Gasteiger charge is -2.14. The molecule has 5 nitrogen and oxygen atoms in total. The lowest BCUT2D eigenvalue weighted by atomic mass is 9.97. The fourth-order valence-electron chi connectivity index (χ4n) is 4.22. The molecule has 0 spiro atoms. The van der Waals surface area contributed by atoms with Gasteiger partial charge in [0.2, 0.25) is 0 Å². The molecular formula is C24H23N3O2. The van der Waals surface area contributed by atoms with Crippen LogP contribution in [0.3, 0.4) is 0 Å². The predicted molar refractivity (Wildman–Crippen MR) is 112 cm³/mol. The monoisotopic (exact) mass is 385 g/mol. The normalized spacial score (nSPS) is 14.0. The Morgan fingerprint density at radius 1 is 1.03 bits per heavy atom. The second kappa shape index (κ2) is 7.32. The van der Waals surface area contributed by atoms with Crippen molar-refractivity contribution >= 4 is 22.5 Å². The highest BCUT2D eigenvalue weighted by atomic mass is 16.5. The number of aromatic nitrogens is 3. The molecule has 0 fully saturated rings. The number of para-hydroxylation sites is 1. The third-order valence-electron chi connectivity index (χ3n) is 5.62. The summed E-state index contributed by atoms with van der Waals surface area (Å²) in [6.07, 6.45) is 9.11. The molecule has 4 aromatic rings. The van der Waals surface area contributed by atoms with Crippen molar-refractivity contribution < 1.29 is 9.53 Å². The number of carbonyl (C=O) groups is 1. The number of benzene rings is 1. The minimum Gasteiger partial charge on any atom is -0.455 e. The molecule has 0 atom stereocenters. The number of ether oxygens (including phenoxy) is 1. The Morgan fingerprint density at radius 2 is 1.90 bits per heavy atom. The number of nitrogens with zero attached hydrogens (tertiary/aromatic N) is 3. The number of imidazole rings is 1. The first-order valence-electron chi connectivity index (χ1n) is 10.2. The van der Waals surface area contributed by atoms with Crippen molar-refractivity contribution in [1.82, 2.24) is 14.4 Å². The molecule has 5 rings (SSSR count). The zero-order valence-electron chi connectivity index (χ0n) is 16.5. The first-order valence-corrected chi connectivity index (χ1v) is 10.2. The fourth-order valence-corrected chi connectivity index (χ4v) is 4.22. The van der Waals surface area contributed by atoms with E-state index in [1.165, 1.54) is 6.42 Å². The molecule has 0 bridgehead atoms. The second-order valence-corrected chi connectivity index (χ2v) is 7.77. The van der Waals surface area contributed by atoms with E-state index in [2.05, 4.69) is 4.98 Å². The van der Waals surface area contributed by atoms with Crippen LogP contribution in [0.4, 0.5) is 0 Å². The van der Waals surface area contributed by atoms with Gasteiger partial charge in [0.15, 0.2) is 0 Å². The van der Waals surface area contributed by atoms with Crippen LogP contribution >= 0.6 is 0 Å². The average molecular weight is 385 g/mol. The fraction of sp³-hybridized carbons (Fsp3) is 0.292. The van der Waals surface area contributed by atoms with Crippen LogP contribution in [0, 0.1) is 6.92 Å². The highest BCUT2D eigenvalue weighted by molar-refractivity contribution is 6.05. The van der Waals surface area contributed by atoms with Gasteiger partial charge in [0, 0.05) is 23.5 Å². The molecule has 1 aliphatic carbocycles. The summed E-state index contributed by atoms with van der Waals surface area (Å²) in [6.45, 7) is 2.20. The second-order valence-electron chi connectivity index (χ2n) is 7.77. The van der Waals surface area contributed by atoms with E-state index in [1.807, 2.05) is 60.1 Å². The van der Waals surface area contributed by atoms with E-state index in [1.54, 1.807) is 0 Å². The van der Waals surface area contributed by atoms with Gasteiger partial charge in [0.25, 0.3) is 0 Å². The minimum atomic E-state index is -0.282. The highest BCUT2D eigenvalue weighted by Crippen LogP contribution is 2.29. The molecule has 29 heavy (non-hydrogen) atoms. The zero-order chi connectivity index (χ0) is 19.8. The van der Waals surface area contributed by atoms with Gasteiger partial charge in [-0.15, -0.1) is 0 Å². The van der Waals surface area contributed by atoms with Crippen molar-refractivity contribution in [3.05, 3.63) is 76.9 Å². The summed E-state index contributed by atoms with van der Waals surface area (Å²) in [4.78, 5) is 22.6. The van der Waals surface area contributed by atoms with E-state index in [-0.39, 0.29) is 12.6 Å². The van der Waals surface area contributed by atoms with Crippen molar-refractivity contribution in [2.24, 2.45) is 0 Å². The standard InChI is InChI=1S/C24H23N3O2/c1-16-11-12-22-25-17(14-27(22)13-16)15-29-24(28)23-18-7-3-2-4-9-20(18)26-21-10-6-5-8-19(21)23/h5-6,8,10-14H,2-4,7,9,15H2,1H3. The van der Waals surface area contributed by atoms with Gasteiger partial charge in [-0.1, -0.05) is 30.7 Å². The summed E-state index contributed by atoms with van der Waals surface area (Å²) < 4.78 is 7.71. The van der Waals surface area contributed by atoms with Gasteiger partial charge < -0.3 is 9.14 Å². The maximum absolute atomic E-state index is 13.2. The topological polar surface area (TPSA) is 56.5 Å². The Morgan fingerprint density at radius 3 is 2.83 bits per heavy atom. The molecule has 3 aromatic heterocycles. The van der Waals surface area contributed by atoms with Crippen molar-refractivity contribution in [3.63, 3.8) is 0 Å². The van der Waals surface area contributed by atoms with Gasteiger partial charge in [-0.2, -0.15) is 0 Å². The van der Waals surface area contributed by atoms with Crippen LogP contribution in [0.1, 0.15) is 52.1 Å². The first-order chi connectivity index (χ1) is 14.2. The minimum absolute atomic E-state index is 0.158. The summed E-state index contributed by atoms with van der Waals surface area (Å²) in [5, 5.41) is 0.878. The van der Waals surface area contributed by atoms with Gasteiger partial charge in [0.05, 0.1) is 16.8 Å². The van der Waals surface area contributed by atoms with Crippen molar-refractivity contribution in [2.75, 3.05) is 0 Å². The number of carbonyl (C=O) groups excluding carboxylic acids is 1.